The average Bonchev–Trinajstić information content (AvgIpc) is 3.27. The Kier molecular flexibility index (Phi) is 18.6. The molecular formula is C58H62. The highest BCUT2D eigenvalue weighted by Crippen LogP contribution is 2.19. The molecule has 0 N–H and O–H groups in total. The third-order valence-corrected chi connectivity index (χ3v) is 10.8. The fraction of sp³-hybridized carbons (Fsp3) is 0.345. The maximum atomic E-state index is 3.47. The maximum Gasteiger partial charge on any atom is 0.0284 e. The highest BCUT2D eigenvalue weighted by molar-refractivity contribution is 5.56. The van der Waals surface area contributed by atoms with E-state index in [-0.39, 0.29) is 0 Å². The van der Waals surface area contributed by atoms with Crippen LogP contribution < -0.4 is 0 Å². The molecule has 0 spiro atoms. The zero-order chi connectivity index (χ0) is 40.6. The molecule has 0 saturated heterocycles. The summed E-state index contributed by atoms with van der Waals surface area (Å²) in [6.45, 7) is 8.91. The van der Waals surface area contributed by atoms with Crippen molar-refractivity contribution < 1.29 is 0 Å². The van der Waals surface area contributed by atoms with Crippen molar-refractivity contribution in [2.24, 2.45) is 0 Å². The number of unbranched alkanes of at least 4 members (excludes halogenated alkanes) is 10. The Bertz CT molecular complexity index is 2080. The average molecular weight is 759 g/mol. The molecule has 58 heavy (non-hydrogen) atoms. The van der Waals surface area contributed by atoms with Crippen LogP contribution in [0.15, 0.2) is 109 Å². The normalized spacial score (nSPS) is 10.3. The van der Waals surface area contributed by atoms with Gasteiger partial charge in [-0.2, -0.15) is 0 Å². The molecule has 0 amide bonds. The zero-order valence-corrected chi connectivity index (χ0v) is 35.7. The Morgan fingerprint density at radius 2 is 0.552 bits per heavy atom. The molecule has 0 heteroatoms. The Morgan fingerprint density at radius 1 is 0.293 bits per heavy atom. The fourth-order valence-electron chi connectivity index (χ4n) is 7.08. The molecule has 0 unspecified atom stereocenters. The molecule has 0 nitrogen and oxygen atoms in total. The molecule has 0 fully saturated rings. The van der Waals surface area contributed by atoms with Crippen molar-refractivity contribution in [3.8, 4) is 47.4 Å². The van der Waals surface area contributed by atoms with E-state index in [9.17, 15) is 0 Å². The summed E-state index contributed by atoms with van der Waals surface area (Å²) in [5.74, 6) is 27.0. The minimum absolute atomic E-state index is 0.895. The third-order valence-electron chi connectivity index (χ3n) is 10.8. The lowest BCUT2D eigenvalue weighted by Gasteiger charge is -2.08. The number of rotatable bonds is 16. The lowest BCUT2D eigenvalue weighted by atomic mass is 9.95. The Balaban J connectivity index is 1.15. The highest BCUT2D eigenvalue weighted by atomic mass is 14.1. The van der Waals surface area contributed by atoms with Gasteiger partial charge in [0.2, 0.25) is 0 Å². The van der Waals surface area contributed by atoms with Gasteiger partial charge in [-0.3, -0.25) is 0 Å². The summed E-state index contributed by atoms with van der Waals surface area (Å²) >= 11 is 0. The predicted molar refractivity (Wildman–Crippen MR) is 249 cm³/mol. The van der Waals surface area contributed by atoms with Gasteiger partial charge in [0.25, 0.3) is 0 Å². The molecule has 0 atom stereocenters. The molecule has 0 radical (unpaired) electrons. The van der Waals surface area contributed by atoms with E-state index in [0.29, 0.717) is 0 Å². The number of benzene rings is 5. The molecule has 5 aromatic carbocycles. The first-order valence-corrected chi connectivity index (χ1v) is 22.2. The lowest BCUT2D eigenvalue weighted by molar-refractivity contribution is 0.607. The Labute approximate surface area is 352 Å². The van der Waals surface area contributed by atoms with Crippen LogP contribution in [0.1, 0.15) is 172 Å². The molecule has 0 aliphatic carbocycles. The van der Waals surface area contributed by atoms with Crippen molar-refractivity contribution in [2.75, 3.05) is 0 Å². The molecule has 5 aromatic rings. The van der Waals surface area contributed by atoms with Crippen molar-refractivity contribution in [1.29, 1.82) is 0 Å². The van der Waals surface area contributed by atoms with E-state index < -0.39 is 0 Å². The van der Waals surface area contributed by atoms with E-state index in [4.69, 9.17) is 0 Å². The summed E-state index contributed by atoms with van der Waals surface area (Å²) < 4.78 is 0. The largest absolute Gasteiger partial charge is 0.0654 e. The van der Waals surface area contributed by atoms with Crippen LogP contribution in [0.4, 0.5) is 0 Å². The van der Waals surface area contributed by atoms with Crippen molar-refractivity contribution >= 4 is 0 Å². The molecule has 0 aliphatic rings. The van der Waals surface area contributed by atoms with E-state index in [1.807, 2.05) is 0 Å². The van der Waals surface area contributed by atoms with Gasteiger partial charge >= 0.3 is 0 Å². The van der Waals surface area contributed by atoms with Gasteiger partial charge in [-0.05, 0) is 146 Å². The van der Waals surface area contributed by atoms with Gasteiger partial charge in [0.05, 0.1) is 0 Å². The summed E-state index contributed by atoms with van der Waals surface area (Å²) in [7, 11) is 0. The molecule has 0 saturated carbocycles. The Morgan fingerprint density at radius 3 is 0.845 bits per heavy atom. The molecule has 0 bridgehead atoms. The maximum absolute atomic E-state index is 3.47. The van der Waals surface area contributed by atoms with E-state index in [0.717, 1.165) is 70.2 Å². The van der Waals surface area contributed by atoms with Gasteiger partial charge in [-0.1, -0.05) is 164 Å². The predicted octanol–water partition coefficient (Wildman–Crippen LogP) is 14.2. The van der Waals surface area contributed by atoms with Crippen LogP contribution in [0.3, 0.4) is 0 Å². The van der Waals surface area contributed by atoms with Crippen LogP contribution in [-0.4, -0.2) is 0 Å². The minimum Gasteiger partial charge on any atom is -0.0654 e. The summed E-state index contributed by atoms with van der Waals surface area (Å²) in [4.78, 5) is 0. The van der Waals surface area contributed by atoms with E-state index in [2.05, 4.69) is 184 Å². The van der Waals surface area contributed by atoms with Gasteiger partial charge in [-0.15, -0.1) is 0 Å². The number of aryl methyl sites for hydroxylation is 4. The lowest BCUT2D eigenvalue weighted by Crippen LogP contribution is -1.96. The van der Waals surface area contributed by atoms with Gasteiger partial charge in [-0.25, -0.2) is 0 Å². The first kappa shape index (κ1) is 43.5. The molecule has 0 aromatic heterocycles. The molecular weight excluding hydrogens is 697 g/mol. The second kappa shape index (κ2) is 24.9. The van der Waals surface area contributed by atoms with Crippen LogP contribution in [0.5, 0.6) is 0 Å². The first-order chi connectivity index (χ1) is 28.6. The second-order valence-corrected chi connectivity index (χ2v) is 15.5. The monoisotopic (exact) mass is 758 g/mol. The summed E-state index contributed by atoms with van der Waals surface area (Å²) in [6, 6.07) is 38.5. The smallest absolute Gasteiger partial charge is 0.0284 e. The number of hydrogen-bond donors (Lipinski definition) is 0. The standard InChI is InChI=1S/C58H62/c1-5-9-11-13-15-17-19-47-21-25-49(26-22-47)29-31-51-33-37-53(38-34-51)41-43-57-45-56(8-4)58(46-55(57)7-3)44-42-54-39-35-52(36-40-54)32-30-50-27-23-48(24-28-50)20-18-16-14-12-10-6-2/h21-28,33-40,45-46H,5-20H2,1-4H3. The molecule has 294 valence electrons. The van der Waals surface area contributed by atoms with Crippen LogP contribution in [0.25, 0.3) is 0 Å². The van der Waals surface area contributed by atoms with E-state index in [1.165, 1.54) is 99.3 Å². The fourth-order valence-corrected chi connectivity index (χ4v) is 7.08. The topological polar surface area (TPSA) is 0 Å². The number of hydrogen-bond acceptors (Lipinski definition) is 0. The molecule has 5 rings (SSSR count). The highest BCUT2D eigenvalue weighted by Gasteiger charge is 2.06. The zero-order valence-electron chi connectivity index (χ0n) is 35.7. The summed E-state index contributed by atoms with van der Waals surface area (Å²) in [6.07, 6.45) is 20.1. The van der Waals surface area contributed by atoms with Crippen molar-refractivity contribution in [1.82, 2.24) is 0 Å². The minimum atomic E-state index is 0.895. The van der Waals surface area contributed by atoms with Crippen LogP contribution in [-0.2, 0) is 25.7 Å². The van der Waals surface area contributed by atoms with E-state index >= 15 is 0 Å². The Hall–Kier alpha value is -5.66. The van der Waals surface area contributed by atoms with E-state index in [1.54, 1.807) is 0 Å². The van der Waals surface area contributed by atoms with Gasteiger partial charge < -0.3 is 0 Å². The quantitative estimate of drug-likeness (QED) is 0.0694. The van der Waals surface area contributed by atoms with Gasteiger partial charge in [0.15, 0.2) is 0 Å². The SMILES string of the molecule is CCCCCCCCc1ccc(C#Cc2ccc(C#Cc3cc(CC)c(C#Cc4ccc(C#Cc5ccc(CCCCCCCC)cc5)cc4)cc3CC)cc2)cc1. The molecule has 0 heterocycles. The van der Waals surface area contributed by atoms with Crippen LogP contribution in [0, 0.1) is 47.4 Å². The first-order valence-electron chi connectivity index (χ1n) is 22.2. The van der Waals surface area contributed by atoms with Gasteiger partial charge in [0, 0.05) is 44.5 Å². The van der Waals surface area contributed by atoms with Crippen molar-refractivity contribution in [3.05, 3.63) is 176 Å². The van der Waals surface area contributed by atoms with Crippen LogP contribution >= 0.6 is 0 Å². The second-order valence-electron chi connectivity index (χ2n) is 15.5. The van der Waals surface area contributed by atoms with Crippen LogP contribution in [0.2, 0.25) is 0 Å². The third kappa shape index (κ3) is 15.0. The van der Waals surface area contributed by atoms with Crippen molar-refractivity contribution in [3.63, 3.8) is 0 Å². The van der Waals surface area contributed by atoms with Crippen molar-refractivity contribution in [2.45, 2.75) is 130 Å². The summed E-state index contributed by atoms with van der Waals surface area (Å²) in [5, 5.41) is 0. The molecule has 0 aliphatic heterocycles. The van der Waals surface area contributed by atoms with Gasteiger partial charge in [0.1, 0.15) is 0 Å². The summed E-state index contributed by atoms with van der Waals surface area (Å²) in [5.41, 5.74) is 13.5.